The molecule has 43 heavy (non-hydrogen) atoms. The lowest BCUT2D eigenvalue weighted by Gasteiger charge is -2.21. The first kappa shape index (κ1) is 29.4. The average Bonchev–Trinajstić information content (AvgIpc) is 3.48. The molecule has 1 aliphatic heterocycles. The van der Waals surface area contributed by atoms with E-state index in [1.54, 1.807) is 24.3 Å². The topological polar surface area (TPSA) is 129 Å². The van der Waals surface area contributed by atoms with Gasteiger partial charge in [0.25, 0.3) is 5.56 Å². The van der Waals surface area contributed by atoms with Gasteiger partial charge < -0.3 is 10.4 Å². The van der Waals surface area contributed by atoms with Gasteiger partial charge in [0.15, 0.2) is 5.70 Å². The number of carboxylic acids is 1. The molecule has 0 saturated heterocycles. The molecule has 0 radical (unpaired) electrons. The highest BCUT2D eigenvalue weighted by Crippen LogP contribution is 2.35. The number of nitrogens with zero attached hydrogens (tertiary/aromatic N) is 3. The van der Waals surface area contributed by atoms with E-state index in [-0.39, 0.29) is 28.3 Å². The van der Waals surface area contributed by atoms with Crippen molar-refractivity contribution in [2.45, 2.75) is 18.6 Å². The number of carboxylic acid groups (broad SMARTS) is 1. The summed E-state index contributed by atoms with van der Waals surface area (Å²) < 4.78 is 40.6. The molecule has 4 N–H and O–H groups in total. The van der Waals surface area contributed by atoms with Gasteiger partial charge in [0.05, 0.1) is 23.6 Å². The first-order chi connectivity index (χ1) is 20.5. The first-order valence-corrected chi connectivity index (χ1v) is 13.0. The highest BCUT2D eigenvalue weighted by Gasteiger charge is 2.38. The predicted octanol–water partition coefficient (Wildman–Crippen LogP) is 4.92. The predicted molar refractivity (Wildman–Crippen MR) is 153 cm³/mol. The van der Waals surface area contributed by atoms with E-state index in [2.05, 4.69) is 21.4 Å². The number of hydrazine groups is 2. The van der Waals surface area contributed by atoms with Gasteiger partial charge in [-0.15, -0.1) is 5.53 Å². The number of nitrogens with one attached hydrogen (secondary N) is 3. The van der Waals surface area contributed by atoms with Crippen molar-refractivity contribution in [3.05, 3.63) is 123 Å². The third-order valence-corrected chi connectivity index (χ3v) is 6.73. The number of halogens is 4. The lowest BCUT2D eigenvalue weighted by atomic mass is 10.0. The number of rotatable bonds is 8. The van der Waals surface area contributed by atoms with Crippen molar-refractivity contribution in [3.8, 4) is 11.1 Å². The molecule has 3 aromatic carbocycles. The Kier molecular flexibility index (Phi) is 8.19. The molecular formula is C29H22ClF3N6O4. The van der Waals surface area contributed by atoms with Crippen LogP contribution < -0.4 is 26.8 Å². The molecule has 2 heterocycles. The maximum atomic E-state index is 13.5. The molecule has 0 spiro atoms. The van der Waals surface area contributed by atoms with Gasteiger partial charge in [0, 0.05) is 34.3 Å². The van der Waals surface area contributed by atoms with E-state index in [4.69, 9.17) is 16.7 Å². The summed E-state index contributed by atoms with van der Waals surface area (Å²) in [6, 6.07) is 19.1. The molecule has 0 bridgehead atoms. The van der Waals surface area contributed by atoms with Gasteiger partial charge in [-0.2, -0.15) is 18.3 Å². The molecule has 5 rings (SSSR count). The number of carbonyl (C=O) groups excluding carboxylic acids is 1. The van der Waals surface area contributed by atoms with E-state index < -0.39 is 35.4 Å². The van der Waals surface area contributed by atoms with Crippen LogP contribution in [0.25, 0.3) is 11.1 Å². The van der Waals surface area contributed by atoms with Crippen LogP contribution in [0.1, 0.15) is 22.0 Å². The van der Waals surface area contributed by atoms with Gasteiger partial charge in [0.1, 0.15) is 6.04 Å². The van der Waals surface area contributed by atoms with E-state index in [9.17, 15) is 27.6 Å². The number of alkyl halides is 3. The minimum atomic E-state index is -4.62. The molecule has 10 nitrogen and oxygen atoms in total. The first-order valence-electron chi connectivity index (χ1n) is 12.7. The quantitative estimate of drug-likeness (QED) is 0.221. The third-order valence-electron chi connectivity index (χ3n) is 6.50. The number of hydrogen-bond donors (Lipinski definition) is 4. The van der Waals surface area contributed by atoms with Crippen molar-refractivity contribution in [3.63, 3.8) is 0 Å². The summed E-state index contributed by atoms with van der Waals surface area (Å²) >= 11 is 6.19. The number of amides is 1. The second-order valence-corrected chi connectivity index (χ2v) is 9.85. The SMILES string of the molecule is O=C(O)c1ccc(NC(=O)[C@H](Cc2ccccc2)n2ncc(-c3cc(Cl)ccc3N3C=C(C(F)(F)F)NN3)cc2=O)cc1. The standard InChI is InChI=1S/C29H22ClF3N6O4/c30-20-8-11-23(38-16-25(36-37-38)29(31,32)33)22(14-20)19-13-26(40)39(34-15-19)24(12-17-4-2-1-3-5-17)27(41)35-21-9-6-18(7-10-21)28(42)43/h1-11,13-16,24,36-37H,12H2,(H,35,41)(H,42,43)/t24-/m0/s1. The van der Waals surface area contributed by atoms with Crippen molar-refractivity contribution in [1.29, 1.82) is 0 Å². The zero-order valence-corrected chi connectivity index (χ0v) is 22.7. The lowest BCUT2D eigenvalue weighted by molar-refractivity contribution is -0.119. The number of allylic oxidation sites excluding steroid dienone is 1. The Labute approximate surface area is 247 Å². The number of aromatic carboxylic acids is 1. The summed E-state index contributed by atoms with van der Waals surface area (Å²) in [6.45, 7) is 0. The second kappa shape index (κ2) is 12.0. The minimum Gasteiger partial charge on any atom is -0.478 e. The average molecular weight is 611 g/mol. The minimum absolute atomic E-state index is 0.0396. The highest BCUT2D eigenvalue weighted by atomic mass is 35.5. The monoisotopic (exact) mass is 610 g/mol. The number of carbonyl (C=O) groups is 2. The fourth-order valence-corrected chi connectivity index (χ4v) is 4.56. The molecule has 1 aliphatic rings. The summed E-state index contributed by atoms with van der Waals surface area (Å²) in [5.74, 6) is -1.69. The fraction of sp³-hybridized carbons (Fsp3) is 0.103. The molecule has 14 heteroatoms. The normalized spacial score (nSPS) is 13.7. The van der Waals surface area contributed by atoms with Crippen LogP contribution >= 0.6 is 11.6 Å². The Bertz CT molecular complexity index is 1760. The zero-order chi connectivity index (χ0) is 30.7. The molecule has 0 fully saturated rings. The number of hydrogen-bond acceptors (Lipinski definition) is 7. The molecule has 220 valence electrons. The van der Waals surface area contributed by atoms with Gasteiger partial charge in [-0.3, -0.25) is 20.0 Å². The second-order valence-electron chi connectivity index (χ2n) is 9.41. The van der Waals surface area contributed by atoms with Crippen LogP contribution in [-0.2, 0) is 11.2 Å². The Morgan fingerprint density at radius 2 is 1.74 bits per heavy atom. The van der Waals surface area contributed by atoms with Gasteiger partial charge in [-0.25, -0.2) is 9.48 Å². The van der Waals surface area contributed by atoms with E-state index >= 15 is 0 Å². The van der Waals surface area contributed by atoms with Crippen molar-refractivity contribution in [1.82, 2.24) is 20.7 Å². The maximum absolute atomic E-state index is 13.5. The van der Waals surface area contributed by atoms with Crippen molar-refractivity contribution < 1.29 is 27.9 Å². The number of anilines is 2. The molecular weight excluding hydrogens is 589 g/mol. The summed E-state index contributed by atoms with van der Waals surface area (Å²) in [6.07, 6.45) is -2.38. The van der Waals surface area contributed by atoms with Crippen LogP contribution in [0.4, 0.5) is 24.5 Å². The smallest absolute Gasteiger partial charge is 0.433 e. The molecule has 4 aromatic rings. The van der Waals surface area contributed by atoms with Crippen LogP contribution in [0.5, 0.6) is 0 Å². The van der Waals surface area contributed by atoms with Crippen molar-refractivity contribution in [2.75, 3.05) is 10.3 Å². The number of benzene rings is 3. The van der Waals surface area contributed by atoms with Gasteiger partial charge in [-0.1, -0.05) is 41.9 Å². The van der Waals surface area contributed by atoms with Crippen LogP contribution in [0, 0.1) is 0 Å². The Morgan fingerprint density at radius 3 is 2.37 bits per heavy atom. The largest absolute Gasteiger partial charge is 0.478 e. The molecule has 1 atom stereocenters. The van der Waals surface area contributed by atoms with Crippen LogP contribution in [0.3, 0.4) is 0 Å². The fourth-order valence-electron chi connectivity index (χ4n) is 4.39. The molecule has 1 aromatic heterocycles. The Hall–Kier alpha value is -5.14. The summed E-state index contributed by atoms with van der Waals surface area (Å²) in [4.78, 5) is 38.1. The van der Waals surface area contributed by atoms with Crippen LogP contribution in [0.15, 0.2) is 102 Å². The van der Waals surface area contributed by atoms with E-state index in [1.807, 2.05) is 6.07 Å². The van der Waals surface area contributed by atoms with Crippen LogP contribution in [0.2, 0.25) is 5.02 Å². The summed E-state index contributed by atoms with van der Waals surface area (Å²) in [5.41, 5.74) is 4.72. The van der Waals surface area contributed by atoms with Crippen molar-refractivity contribution >= 4 is 34.9 Å². The van der Waals surface area contributed by atoms with E-state index in [0.29, 0.717) is 11.3 Å². The third kappa shape index (κ3) is 6.68. The van der Waals surface area contributed by atoms with Gasteiger partial charge >= 0.3 is 12.1 Å². The van der Waals surface area contributed by atoms with Gasteiger partial charge in [-0.05, 0) is 48.0 Å². The Balaban J connectivity index is 1.49. The lowest BCUT2D eigenvalue weighted by Crippen LogP contribution is -2.38. The van der Waals surface area contributed by atoms with Crippen molar-refractivity contribution in [2.24, 2.45) is 0 Å². The molecule has 1 amide bonds. The molecule has 0 unspecified atom stereocenters. The maximum Gasteiger partial charge on any atom is 0.433 e. The molecule has 0 aliphatic carbocycles. The van der Waals surface area contributed by atoms with E-state index in [1.165, 1.54) is 54.7 Å². The summed E-state index contributed by atoms with van der Waals surface area (Å²) in [7, 11) is 0. The Morgan fingerprint density at radius 1 is 1.02 bits per heavy atom. The molecule has 0 saturated carbocycles. The summed E-state index contributed by atoms with van der Waals surface area (Å²) in [5, 5.41) is 17.5. The van der Waals surface area contributed by atoms with E-state index in [0.717, 1.165) is 21.5 Å². The highest BCUT2D eigenvalue weighted by molar-refractivity contribution is 6.31. The zero-order valence-electron chi connectivity index (χ0n) is 22.0. The van der Waals surface area contributed by atoms with Crippen LogP contribution in [-0.4, -0.2) is 32.9 Å². The number of aromatic nitrogens is 2. The van der Waals surface area contributed by atoms with Gasteiger partial charge in [0.2, 0.25) is 5.91 Å².